The number of carbonyl (C=O) groups is 1. The zero-order valence-corrected chi connectivity index (χ0v) is 17.2. The van der Waals surface area contributed by atoms with Gasteiger partial charge in [0.25, 0.3) is 5.91 Å². The number of unbranched alkanes of at least 4 members (excludes halogenated alkanes) is 2. The molecule has 0 radical (unpaired) electrons. The molecule has 0 saturated heterocycles. The van der Waals surface area contributed by atoms with Crippen LogP contribution in [0.2, 0.25) is 0 Å². The summed E-state index contributed by atoms with van der Waals surface area (Å²) in [4.78, 5) is 18.8. The van der Waals surface area contributed by atoms with Crippen LogP contribution in [0.5, 0.6) is 5.75 Å². The molecule has 0 aliphatic rings. The highest BCUT2D eigenvalue weighted by Gasteiger charge is 2.15. The highest BCUT2D eigenvalue weighted by Crippen LogP contribution is 2.24. The van der Waals surface area contributed by atoms with Crippen LogP contribution in [0.1, 0.15) is 43.0 Å². The van der Waals surface area contributed by atoms with Crippen molar-refractivity contribution in [3.8, 4) is 5.75 Å². The Morgan fingerprint density at radius 1 is 1.18 bits per heavy atom. The lowest BCUT2D eigenvalue weighted by Gasteiger charge is -2.18. The third-order valence-electron chi connectivity index (χ3n) is 4.52. The molecule has 0 bridgehead atoms. The summed E-state index contributed by atoms with van der Waals surface area (Å²) in [6, 6.07) is 13.3. The first kappa shape index (κ1) is 20.1. The maximum absolute atomic E-state index is 12.9. The fourth-order valence-corrected chi connectivity index (χ4v) is 3.64. The van der Waals surface area contributed by atoms with Crippen molar-refractivity contribution in [2.45, 2.75) is 32.6 Å². The fraction of sp³-hybridized carbons (Fsp3) is 0.304. The van der Waals surface area contributed by atoms with E-state index < -0.39 is 0 Å². The summed E-state index contributed by atoms with van der Waals surface area (Å²) in [5.74, 6) is 0.745. The number of nitrogens with zero attached hydrogens (tertiary/aromatic N) is 2. The number of allylic oxidation sites excluding steroid dienone is 2. The fourth-order valence-electron chi connectivity index (χ4n) is 2.92. The van der Waals surface area contributed by atoms with E-state index in [0.717, 1.165) is 47.3 Å². The molecule has 1 aromatic heterocycles. The third-order valence-corrected chi connectivity index (χ3v) is 5.32. The molecule has 4 nitrogen and oxygen atoms in total. The Balaban J connectivity index is 1.59. The molecule has 0 saturated carbocycles. The van der Waals surface area contributed by atoms with Crippen LogP contribution in [0.4, 0.5) is 5.69 Å². The zero-order valence-electron chi connectivity index (χ0n) is 16.4. The van der Waals surface area contributed by atoms with Crippen LogP contribution in [0, 0.1) is 0 Å². The number of hydrogen-bond donors (Lipinski definition) is 0. The van der Waals surface area contributed by atoms with Crippen LogP contribution in [0.15, 0.2) is 60.1 Å². The molecule has 1 heterocycles. The number of aromatic nitrogens is 1. The maximum Gasteiger partial charge on any atom is 0.258 e. The van der Waals surface area contributed by atoms with Crippen LogP contribution >= 0.6 is 11.3 Å². The predicted molar refractivity (Wildman–Crippen MR) is 118 cm³/mol. The van der Waals surface area contributed by atoms with Crippen LogP contribution in [-0.2, 0) is 0 Å². The molecule has 0 fully saturated rings. The Morgan fingerprint density at radius 3 is 2.93 bits per heavy atom. The van der Waals surface area contributed by atoms with Gasteiger partial charge in [0.15, 0.2) is 0 Å². The van der Waals surface area contributed by atoms with Crippen molar-refractivity contribution < 1.29 is 9.53 Å². The molecule has 3 aromatic rings. The predicted octanol–water partition coefficient (Wildman–Crippen LogP) is 6.09. The molecule has 146 valence electrons. The summed E-state index contributed by atoms with van der Waals surface area (Å²) in [6.07, 6.45) is 8.75. The van der Waals surface area contributed by atoms with Crippen molar-refractivity contribution in [1.29, 1.82) is 0 Å². The Morgan fingerprint density at radius 2 is 2.07 bits per heavy atom. The topological polar surface area (TPSA) is 42.4 Å². The van der Waals surface area contributed by atoms with Gasteiger partial charge >= 0.3 is 0 Å². The van der Waals surface area contributed by atoms with E-state index in [0.29, 0.717) is 12.2 Å². The molecular weight excluding hydrogens is 368 g/mol. The lowest BCUT2D eigenvalue weighted by atomic mass is 10.1. The third kappa shape index (κ3) is 5.20. The van der Waals surface area contributed by atoms with Gasteiger partial charge in [0, 0.05) is 24.4 Å². The minimum absolute atomic E-state index is 0.0461. The van der Waals surface area contributed by atoms with Crippen LogP contribution in [0.25, 0.3) is 10.2 Å². The molecule has 0 atom stereocenters. The minimum Gasteiger partial charge on any atom is -0.494 e. The van der Waals surface area contributed by atoms with Crippen molar-refractivity contribution in [3.63, 3.8) is 0 Å². The quantitative estimate of drug-likeness (QED) is 0.326. The largest absolute Gasteiger partial charge is 0.494 e. The average Bonchev–Trinajstić information content (AvgIpc) is 3.20. The van der Waals surface area contributed by atoms with Crippen molar-refractivity contribution in [3.05, 3.63) is 65.7 Å². The summed E-state index contributed by atoms with van der Waals surface area (Å²) in [5.41, 5.74) is 4.19. The number of hydrogen-bond acceptors (Lipinski definition) is 4. The molecular formula is C23H26N2O2S. The van der Waals surface area contributed by atoms with Crippen molar-refractivity contribution in [1.82, 2.24) is 4.98 Å². The Labute approximate surface area is 170 Å². The summed E-state index contributed by atoms with van der Waals surface area (Å²) in [5, 5.41) is 0. The molecule has 0 N–H and O–H groups in total. The first-order valence-corrected chi connectivity index (χ1v) is 10.6. The van der Waals surface area contributed by atoms with E-state index in [4.69, 9.17) is 4.74 Å². The van der Waals surface area contributed by atoms with Gasteiger partial charge in [-0.15, -0.1) is 11.3 Å². The van der Waals surface area contributed by atoms with Crippen molar-refractivity contribution in [2.24, 2.45) is 0 Å². The number of ether oxygens (including phenoxy) is 1. The Hall–Kier alpha value is -2.66. The van der Waals surface area contributed by atoms with Gasteiger partial charge in [-0.25, -0.2) is 4.98 Å². The molecule has 3 rings (SSSR count). The normalized spacial score (nSPS) is 11.2. The molecule has 1 amide bonds. The molecule has 5 heteroatoms. The van der Waals surface area contributed by atoms with E-state index in [2.05, 4.69) is 24.1 Å². The Kier molecular flexibility index (Phi) is 7.20. The van der Waals surface area contributed by atoms with E-state index in [1.54, 1.807) is 28.8 Å². The second-order valence-corrected chi connectivity index (χ2v) is 7.51. The summed E-state index contributed by atoms with van der Waals surface area (Å²) >= 11 is 1.54. The van der Waals surface area contributed by atoms with E-state index >= 15 is 0 Å². The average molecular weight is 395 g/mol. The Bertz CT molecular complexity index is 948. The smallest absolute Gasteiger partial charge is 0.258 e. The second kappa shape index (κ2) is 10.0. The van der Waals surface area contributed by atoms with E-state index in [1.807, 2.05) is 42.5 Å². The van der Waals surface area contributed by atoms with Gasteiger partial charge in [-0.2, -0.15) is 0 Å². The highest BCUT2D eigenvalue weighted by molar-refractivity contribution is 7.16. The number of thiazole rings is 1. The molecule has 0 aliphatic carbocycles. The van der Waals surface area contributed by atoms with Crippen molar-refractivity contribution in [2.75, 3.05) is 18.6 Å². The summed E-state index contributed by atoms with van der Waals surface area (Å²) in [7, 11) is 1.79. The number of carbonyl (C=O) groups excluding carboxylic acids is 1. The van der Waals surface area contributed by atoms with Gasteiger partial charge in [0.2, 0.25) is 0 Å². The molecule has 0 unspecified atom stereocenters. The van der Waals surface area contributed by atoms with E-state index in [1.165, 1.54) is 0 Å². The van der Waals surface area contributed by atoms with E-state index in [9.17, 15) is 4.79 Å². The van der Waals surface area contributed by atoms with Gasteiger partial charge < -0.3 is 9.64 Å². The number of amides is 1. The standard InChI is InChI=1S/C23H26N2O2S/c1-3-4-5-6-7-8-14-27-20-11-9-10-19(16-20)25(2)23(26)18-12-13-21-22(15-18)28-17-24-21/h4-5,9-13,15-17H,3,6-8,14H2,1-2H3. The zero-order chi connectivity index (χ0) is 19.8. The summed E-state index contributed by atoms with van der Waals surface area (Å²) in [6.45, 7) is 2.83. The summed E-state index contributed by atoms with van der Waals surface area (Å²) < 4.78 is 6.89. The first-order chi connectivity index (χ1) is 13.7. The monoisotopic (exact) mass is 394 g/mol. The van der Waals surface area contributed by atoms with E-state index in [-0.39, 0.29) is 5.91 Å². The van der Waals surface area contributed by atoms with Gasteiger partial charge in [0.05, 0.1) is 22.3 Å². The lowest BCUT2D eigenvalue weighted by Crippen LogP contribution is -2.26. The van der Waals surface area contributed by atoms with Crippen molar-refractivity contribution >= 4 is 33.1 Å². The minimum atomic E-state index is -0.0461. The number of anilines is 1. The molecule has 28 heavy (non-hydrogen) atoms. The van der Waals surface area contributed by atoms with Gasteiger partial charge in [-0.05, 0) is 56.0 Å². The number of fused-ring (bicyclic) bond motifs is 1. The SMILES string of the molecule is CCC=CCCCCOc1cccc(N(C)C(=O)c2ccc3ncsc3c2)c1. The van der Waals surface area contributed by atoms with Crippen LogP contribution < -0.4 is 9.64 Å². The van der Waals surface area contributed by atoms with Gasteiger partial charge in [-0.3, -0.25) is 4.79 Å². The first-order valence-electron chi connectivity index (χ1n) is 9.68. The molecule has 2 aromatic carbocycles. The van der Waals surface area contributed by atoms with Crippen LogP contribution in [0.3, 0.4) is 0 Å². The second-order valence-electron chi connectivity index (χ2n) is 6.62. The highest BCUT2D eigenvalue weighted by atomic mass is 32.1. The number of benzene rings is 2. The molecule has 0 aliphatic heterocycles. The molecule has 0 spiro atoms. The van der Waals surface area contributed by atoms with Gasteiger partial charge in [-0.1, -0.05) is 25.1 Å². The van der Waals surface area contributed by atoms with Crippen LogP contribution in [-0.4, -0.2) is 24.5 Å². The lowest BCUT2D eigenvalue weighted by molar-refractivity contribution is 0.0993. The van der Waals surface area contributed by atoms with Gasteiger partial charge in [0.1, 0.15) is 5.75 Å². The number of rotatable bonds is 9. The maximum atomic E-state index is 12.9.